The molecule has 0 saturated carbocycles. The van der Waals surface area contributed by atoms with Crippen LogP contribution in [0.25, 0.3) is 0 Å². The number of hydrogen-bond acceptors (Lipinski definition) is 30. The molecule has 0 aromatic heterocycles. The minimum atomic E-state index is -0.410. The largest absolute Gasteiger partial charge is 0.508 e. The molecule has 30 nitrogen and oxygen atoms in total. The lowest BCUT2D eigenvalue weighted by molar-refractivity contribution is 0.0276. The van der Waals surface area contributed by atoms with E-state index in [1.54, 1.807) is 54.6 Å². The van der Waals surface area contributed by atoms with Crippen LogP contribution in [0.5, 0.6) is 69.0 Å². The number of carbonyl (C=O) groups excluding carboxylic acids is 6. The van der Waals surface area contributed by atoms with E-state index >= 15 is 0 Å². The predicted octanol–water partition coefficient (Wildman–Crippen LogP) is 24.1. The van der Waals surface area contributed by atoms with Crippen LogP contribution in [0.1, 0.15) is 345 Å². The molecule has 0 spiro atoms. The molecule has 0 amide bonds. The number of likely N-dealkylation sites (N-methyl/N-ethyl adjacent to an activating group) is 4. The molecule has 6 aromatic rings. The Morgan fingerprint density at radius 3 is 0.767 bits per heavy atom. The molecule has 6 atom stereocenters. The minimum Gasteiger partial charge on any atom is -0.508 e. The van der Waals surface area contributed by atoms with Crippen molar-refractivity contribution < 1.29 is 116 Å². The number of benzene rings is 6. The lowest BCUT2D eigenvalue weighted by Crippen LogP contribution is -2.43. The molecule has 0 bridgehead atoms. The summed E-state index contributed by atoms with van der Waals surface area (Å²) in [4.78, 5) is 88.8. The Balaban J connectivity index is 0.000000462. The van der Waals surface area contributed by atoms with Crippen molar-refractivity contribution in [2.45, 2.75) is 319 Å². The van der Waals surface area contributed by atoms with Crippen molar-refractivity contribution in [2.24, 2.45) is 35.5 Å². The third-order valence-corrected chi connectivity index (χ3v) is 25.8. The van der Waals surface area contributed by atoms with Gasteiger partial charge in [-0.1, -0.05) is 179 Å². The smallest absolute Gasteiger partial charge is 0.341 e. The first kappa shape index (κ1) is 134. The average molecular weight is 2100 g/mol. The molecule has 2 fully saturated rings. The lowest BCUT2D eigenvalue weighted by Gasteiger charge is -2.35. The number of carbonyl (C=O) groups is 6. The van der Waals surface area contributed by atoms with E-state index in [0.717, 1.165) is 143 Å². The molecule has 2 heterocycles. The Bertz CT molecular complexity index is 4710. The summed E-state index contributed by atoms with van der Waals surface area (Å²) < 4.78 is 66.2. The van der Waals surface area contributed by atoms with E-state index in [0.29, 0.717) is 183 Å². The molecule has 0 unspecified atom stereocenters. The van der Waals surface area contributed by atoms with Gasteiger partial charge in [-0.25, -0.2) is 28.8 Å². The summed E-state index contributed by atoms with van der Waals surface area (Å²) in [5.41, 5.74) is 2.31. The maximum Gasteiger partial charge on any atom is 0.341 e. The van der Waals surface area contributed by atoms with Crippen molar-refractivity contribution in [1.29, 1.82) is 0 Å². The maximum absolute atomic E-state index is 12.5. The summed E-state index contributed by atoms with van der Waals surface area (Å²) in [7, 11) is 0. The Morgan fingerprint density at radius 2 is 0.507 bits per heavy atom. The SMILES string of the molecule is CCCCOc1cc(C(=O)OC[C@H](CC(C)C)N(CC)CC)ccc1O.CCCOc1cc(C(=O)OC[C@H](CC(C)C)N(CC)CC)ccc1O.CCCOc1cc(O)ccc1C(=O)OC[C@H](CC(C)C)N(CC)CC.CCOc1cc(C(=O)OC[C@H](CC(C)C)N(CC)CC)ccc1O.CCOc1cc(C(=O)OC[C@H](CC(C)C)N2CCCCC2)ccc1O.CCOc1cc(O)ccc1C(=O)OC[C@H](CC(C)C)N1CCCCC1. The maximum atomic E-state index is 12.5. The van der Waals surface area contributed by atoms with Crippen LogP contribution < -0.4 is 28.4 Å². The van der Waals surface area contributed by atoms with Crippen molar-refractivity contribution in [3.05, 3.63) is 143 Å². The molecule has 0 radical (unpaired) electrons. The number of esters is 6. The number of unbranched alkanes of at least 4 members (excludes halogenated alkanes) is 1. The third-order valence-electron chi connectivity index (χ3n) is 25.8. The third kappa shape index (κ3) is 51.3. The van der Waals surface area contributed by atoms with Gasteiger partial charge in [-0.2, -0.15) is 0 Å². The average Bonchev–Trinajstić information content (AvgIpc) is 0.863. The highest BCUT2D eigenvalue weighted by Crippen LogP contribution is 2.35. The van der Waals surface area contributed by atoms with E-state index in [1.165, 1.54) is 93.1 Å². The van der Waals surface area contributed by atoms with Gasteiger partial charge in [-0.15, -0.1) is 0 Å². The van der Waals surface area contributed by atoms with Gasteiger partial charge in [-0.05, 0) is 315 Å². The number of phenols is 6. The van der Waals surface area contributed by atoms with E-state index in [1.807, 2.05) is 34.6 Å². The van der Waals surface area contributed by atoms with Gasteiger partial charge >= 0.3 is 35.8 Å². The molecule has 150 heavy (non-hydrogen) atoms. The summed E-state index contributed by atoms with van der Waals surface area (Å²) in [6, 6.07) is 28.7. The van der Waals surface area contributed by atoms with Gasteiger partial charge in [0.15, 0.2) is 46.0 Å². The molecule has 848 valence electrons. The summed E-state index contributed by atoms with van der Waals surface area (Å²) in [6.07, 6.45) is 17.0. The lowest BCUT2D eigenvalue weighted by atomic mass is 10.0. The first-order valence-corrected chi connectivity index (χ1v) is 55.9. The predicted molar refractivity (Wildman–Crippen MR) is 598 cm³/mol. The Labute approximate surface area is 900 Å². The zero-order chi connectivity index (χ0) is 112. The Hall–Kier alpha value is -10.5. The van der Waals surface area contributed by atoms with E-state index in [-0.39, 0.29) is 88.7 Å². The summed E-state index contributed by atoms with van der Waals surface area (Å²) in [6.45, 7) is 71.5. The van der Waals surface area contributed by atoms with Crippen LogP contribution in [-0.2, 0) is 28.4 Å². The highest BCUT2D eigenvalue weighted by Gasteiger charge is 2.31. The Kier molecular flexibility index (Phi) is 67.8. The molecule has 6 aromatic carbocycles. The number of hydrogen-bond donors (Lipinski definition) is 6. The van der Waals surface area contributed by atoms with E-state index in [2.05, 4.69) is 175 Å². The van der Waals surface area contributed by atoms with Gasteiger partial charge in [-0.3, -0.25) is 29.4 Å². The van der Waals surface area contributed by atoms with Crippen LogP contribution in [0, 0.1) is 35.5 Å². The molecule has 2 aliphatic heterocycles. The number of rotatable bonds is 60. The first-order chi connectivity index (χ1) is 71.7. The Morgan fingerprint density at radius 1 is 0.267 bits per heavy atom. The molecular formula is C120H194N6O24. The van der Waals surface area contributed by atoms with Crippen LogP contribution >= 0.6 is 0 Å². The highest BCUT2D eigenvalue weighted by atomic mass is 16.6. The van der Waals surface area contributed by atoms with Gasteiger partial charge in [0.2, 0.25) is 0 Å². The van der Waals surface area contributed by atoms with E-state index < -0.39 is 17.9 Å². The van der Waals surface area contributed by atoms with Crippen molar-refractivity contribution >= 4 is 35.8 Å². The summed E-state index contributed by atoms with van der Waals surface area (Å²) >= 11 is 0. The quantitative estimate of drug-likeness (QED) is 0.0117. The van der Waals surface area contributed by atoms with Crippen LogP contribution in [-0.4, -0.2) is 290 Å². The van der Waals surface area contributed by atoms with Gasteiger partial charge in [0.25, 0.3) is 0 Å². The van der Waals surface area contributed by atoms with E-state index in [9.17, 15) is 59.4 Å². The normalized spacial score (nSPS) is 13.8. The van der Waals surface area contributed by atoms with Crippen LogP contribution in [0.3, 0.4) is 0 Å². The fourth-order valence-corrected chi connectivity index (χ4v) is 18.1. The first-order valence-electron chi connectivity index (χ1n) is 55.9. The number of phenolic OH excluding ortho intramolecular Hbond substituents is 6. The zero-order valence-corrected chi connectivity index (χ0v) is 96.3. The summed E-state index contributed by atoms with van der Waals surface area (Å²) in [5, 5.41) is 58.4. The van der Waals surface area contributed by atoms with Crippen molar-refractivity contribution in [2.75, 3.05) is 158 Å². The molecule has 0 aliphatic carbocycles. The monoisotopic (exact) mass is 2100 g/mol. The number of nitrogens with zero attached hydrogens (tertiary/aromatic N) is 6. The van der Waals surface area contributed by atoms with Gasteiger partial charge in [0, 0.05) is 48.4 Å². The van der Waals surface area contributed by atoms with Gasteiger partial charge in [0.1, 0.15) is 73.8 Å². The second kappa shape index (κ2) is 76.1. The molecule has 6 N–H and O–H groups in total. The highest BCUT2D eigenvalue weighted by molar-refractivity contribution is 5.94. The number of ether oxygens (including phenoxy) is 12. The number of aromatic hydroxyl groups is 6. The number of piperidine rings is 2. The molecular weight excluding hydrogens is 1910 g/mol. The van der Waals surface area contributed by atoms with Crippen molar-refractivity contribution in [3.8, 4) is 69.0 Å². The van der Waals surface area contributed by atoms with Crippen LogP contribution in [0.2, 0.25) is 0 Å². The fraction of sp³-hybridized carbons (Fsp3) is 0.650. The van der Waals surface area contributed by atoms with Crippen molar-refractivity contribution in [1.82, 2.24) is 29.4 Å². The van der Waals surface area contributed by atoms with Crippen molar-refractivity contribution in [3.63, 3.8) is 0 Å². The van der Waals surface area contributed by atoms with Gasteiger partial charge in [0.05, 0.1) is 61.9 Å². The van der Waals surface area contributed by atoms with Crippen LogP contribution in [0.15, 0.2) is 109 Å². The minimum absolute atomic E-state index is 0.0224. The molecule has 8 rings (SSSR count). The fourth-order valence-electron chi connectivity index (χ4n) is 18.1. The van der Waals surface area contributed by atoms with Crippen LogP contribution in [0.4, 0.5) is 0 Å². The topological polar surface area (TPSA) is 354 Å². The zero-order valence-electron chi connectivity index (χ0n) is 96.3. The number of likely N-dealkylation sites (tertiary alicyclic amines) is 2. The summed E-state index contributed by atoms with van der Waals surface area (Å²) in [5.74, 6) is 3.18. The second-order valence-electron chi connectivity index (χ2n) is 40.7. The van der Waals surface area contributed by atoms with E-state index in [4.69, 9.17) is 56.8 Å². The molecule has 2 saturated heterocycles. The second-order valence-corrected chi connectivity index (χ2v) is 40.7. The standard InChI is InChI=1S/C21H35NO4.2C20H31NO4.2C20H33NO4.C19H31NO4/c1-6-9-12-25-20-14-17(10-11-19(20)23)21(24)26-15-18(13-16(4)5)22(7-2)8-3;1-4-24-19-13-17(22)8-9-18(19)20(23)25-14-16(12-15(2)3)21-10-6-5-7-11-21;1-4-24-19-13-16(8-9-18(19)22)20(23)25-14-17(12-15(2)3)21-10-6-5-7-11-21;1-6-11-24-19-13-17(22)9-10-18(19)20(23)25-14-16(12-15(4)5)21(7-2)8-3;1-6-11-24-19-13-16(9-10-18(19)22)20(23)25-14-17(12-15(4)5)21(7-2)8-3;1-6-20(7-2)16(11-14(4)5)13-24-19(22)15-9-10-17(21)18(12-15)23-8-3/h10-11,14,16,18,23H,6-9,12-13,15H2,1-5H3;8-9,13,15-16,22H,4-7,10-12,14H2,1-3H3;8-9,13,15,17,22H,4-7,10-12,14H2,1-3H3;9-10,13,15-16,22H,6-8,11-12,14H2,1-5H3;9-10,13,15,17,22H,6-8,11-12,14H2,1-5H3;9-10,12,14,16,21H,6-8,11,13H2,1-5H3/t18-;16-;17-;16-;17-;16-/m000000/s1. The van der Waals surface area contributed by atoms with Gasteiger partial charge < -0.3 is 87.5 Å². The molecule has 2 aliphatic rings. The molecule has 30 heteroatoms.